The zero-order chi connectivity index (χ0) is 19.2. The molecule has 1 heterocycles. The number of ether oxygens (including phenoxy) is 1. The summed E-state index contributed by atoms with van der Waals surface area (Å²) >= 11 is 5.89. The average molecular weight is 404 g/mol. The normalized spacial score (nSPS) is 16.9. The van der Waals surface area contributed by atoms with Crippen molar-refractivity contribution < 1.29 is 17.9 Å². The molecule has 0 radical (unpaired) electrons. The van der Waals surface area contributed by atoms with E-state index in [2.05, 4.69) is 10.2 Å². The molecular formula is C17H26ClN3O4S. The number of nitrogens with one attached hydrogen (secondary N) is 1. The third-order valence-corrected chi connectivity index (χ3v) is 5.67. The molecule has 1 aromatic carbocycles. The largest absolute Gasteiger partial charge is 0.379 e. The Morgan fingerprint density at radius 2 is 1.92 bits per heavy atom. The lowest BCUT2D eigenvalue weighted by molar-refractivity contribution is -0.122. The maximum Gasteiger partial charge on any atom is 0.243 e. The van der Waals surface area contributed by atoms with Crippen molar-refractivity contribution in [2.24, 2.45) is 0 Å². The Morgan fingerprint density at radius 3 is 2.46 bits per heavy atom. The molecule has 0 unspecified atom stereocenters. The maximum atomic E-state index is 12.7. The van der Waals surface area contributed by atoms with Gasteiger partial charge >= 0.3 is 0 Å². The highest BCUT2D eigenvalue weighted by Gasteiger charge is 2.31. The fourth-order valence-electron chi connectivity index (χ4n) is 2.93. The highest BCUT2D eigenvalue weighted by Crippen LogP contribution is 2.24. The summed E-state index contributed by atoms with van der Waals surface area (Å²) in [6.45, 7) is 6.05. The molecule has 2 rings (SSSR count). The number of carbonyl (C=O) groups excluding carboxylic acids is 1. The monoisotopic (exact) mass is 403 g/mol. The molecule has 1 fully saturated rings. The Balaban J connectivity index is 2.06. The second-order valence-corrected chi connectivity index (χ2v) is 8.50. The van der Waals surface area contributed by atoms with E-state index in [-0.39, 0.29) is 5.91 Å². The fourth-order valence-corrected chi connectivity index (χ4v) is 4.27. The molecule has 146 valence electrons. The molecule has 1 N–H and O–H groups in total. The quantitative estimate of drug-likeness (QED) is 0.708. The van der Waals surface area contributed by atoms with E-state index in [4.69, 9.17) is 16.3 Å². The highest BCUT2D eigenvalue weighted by atomic mass is 35.5. The summed E-state index contributed by atoms with van der Waals surface area (Å²) in [4.78, 5) is 14.9. The van der Waals surface area contributed by atoms with Crippen molar-refractivity contribution in [1.29, 1.82) is 0 Å². The van der Waals surface area contributed by atoms with Crippen molar-refractivity contribution in [1.82, 2.24) is 10.2 Å². The van der Waals surface area contributed by atoms with E-state index in [0.717, 1.165) is 23.7 Å². The van der Waals surface area contributed by atoms with Crippen LogP contribution < -0.4 is 9.62 Å². The van der Waals surface area contributed by atoms with Crippen molar-refractivity contribution in [3.8, 4) is 0 Å². The Kier molecular flexibility index (Phi) is 7.69. The van der Waals surface area contributed by atoms with Gasteiger partial charge < -0.3 is 10.1 Å². The number of nitrogens with zero attached hydrogens (tertiary/aromatic N) is 2. The van der Waals surface area contributed by atoms with Crippen molar-refractivity contribution in [2.75, 3.05) is 50.0 Å². The molecule has 1 aromatic rings. The molecule has 7 nitrogen and oxygen atoms in total. The molecule has 0 saturated carbocycles. The zero-order valence-electron chi connectivity index (χ0n) is 15.2. The molecule has 9 heteroatoms. The van der Waals surface area contributed by atoms with Gasteiger partial charge in [0.15, 0.2) is 0 Å². The van der Waals surface area contributed by atoms with Gasteiger partial charge in [-0.05, 0) is 30.7 Å². The van der Waals surface area contributed by atoms with Crippen molar-refractivity contribution in [2.45, 2.75) is 19.4 Å². The van der Waals surface area contributed by atoms with Gasteiger partial charge in [-0.3, -0.25) is 14.0 Å². The van der Waals surface area contributed by atoms with Crippen LogP contribution in [0.3, 0.4) is 0 Å². The SMILES string of the molecule is CC[C@@H](C(=O)NCCN1CCOCC1)N(c1ccc(Cl)cc1)S(C)(=O)=O. The lowest BCUT2D eigenvalue weighted by Crippen LogP contribution is -2.50. The van der Waals surface area contributed by atoms with Gasteiger partial charge in [-0.1, -0.05) is 18.5 Å². The third-order valence-electron chi connectivity index (χ3n) is 4.24. The predicted octanol–water partition coefficient (Wildman–Crippen LogP) is 1.33. The Morgan fingerprint density at radius 1 is 1.31 bits per heavy atom. The van der Waals surface area contributed by atoms with Gasteiger partial charge in [0, 0.05) is 31.2 Å². The Bertz CT molecular complexity index is 690. The second kappa shape index (κ2) is 9.55. The maximum absolute atomic E-state index is 12.7. The van der Waals surface area contributed by atoms with Crippen LogP contribution in [0.5, 0.6) is 0 Å². The van der Waals surface area contributed by atoms with Crippen LogP contribution in [-0.4, -0.2) is 70.9 Å². The van der Waals surface area contributed by atoms with Crippen LogP contribution in [0.4, 0.5) is 5.69 Å². The summed E-state index contributed by atoms with van der Waals surface area (Å²) in [6, 6.07) is 5.62. The number of amides is 1. The first-order valence-electron chi connectivity index (χ1n) is 8.65. The first-order chi connectivity index (χ1) is 12.3. The van der Waals surface area contributed by atoms with Gasteiger partial charge in [0.25, 0.3) is 0 Å². The molecular weight excluding hydrogens is 378 g/mol. The molecule has 1 aliphatic rings. The van der Waals surface area contributed by atoms with Gasteiger partial charge in [0.2, 0.25) is 15.9 Å². The number of rotatable bonds is 8. The summed E-state index contributed by atoms with van der Waals surface area (Å²) in [5.41, 5.74) is 0.423. The van der Waals surface area contributed by atoms with Crippen LogP contribution in [0.1, 0.15) is 13.3 Å². The molecule has 1 atom stereocenters. The highest BCUT2D eigenvalue weighted by molar-refractivity contribution is 7.92. The smallest absolute Gasteiger partial charge is 0.243 e. The predicted molar refractivity (Wildman–Crippen MR) is 103 cm³/mol. The summed E-state index contributed by atoms with van der Waals surface area (Å²) in [5.74, 6) is -0.305. The van der Waals surface area contributed by atoms with Gasteiger partial charge in [-0.15, -0.1) is 0 Å². The lowest BCUT2D eigenvalue weighted by atomic mass is 10.2. The van der Waals surface area contributed by atoms with E-state index < -0.39 is 16.1 Å². The van der Waals surface area contributed by atoms with Crippen LogP contribution in [0.25, 0.3) is 0 Å². The number of halogens is 1. The molecule has 26 heavy (non-hydrogen) atoms. The van der Waals surface area contributed by atoms with Gasteiger partial charge in [0.1, 0.15) is 6.04 Å². The van der Waals surface area contributed by atoms with E-state index in [0.29, 0.717) is 43.4 Å². The summed E-state index contributed by atoms with van der Waals surface area (Å²) in [7, 11) is -3.63. The molecule has 0 aliphatic carbocycles. The average Bonchev–Trinajstić information content (AvgIpc) is 2.60. The van der Waals surface area contributed by atoms with E-state index >= 15 is 0 Å². The van der Waals surface area contributed by atoms with Crippen molar-refractivity contribution in [3.05, 3.63) is 29.3 Å². The van der Waals surface area contributed by atoms with E-state index in [1.54, 1.807) is 31.2 Å². The summed E-state index contributed by atoms with van der Waals surface area (Å²) in [6.07, 6.45) is 1.46. The number of morpholine rings is 1. The summed E-state index contributed by atoms with van der Waals surface area (Å²) in [5, 5.41) is 3.37. The molecule has 0 spiro atoms. The first-order valence-corrected chi connectivity index (χ1v) is 10.9. The molecule has 1 aliphatic heterocycles. The van der Waals surface area contributed by atoms with E-state index in [9.17, 15) is 13.2 Å². The lowest BCUT2D eigenvalue weighted by Gasteiger charge is -2.31. The molecule has 1 amide bonds. The van der Waals surface area contributed by atoms with Gasteiger partial charge in [-0.2, -0.15) is 0 Å². The Labute approximate surface area is 160 Å². The second-order valence-electron chi connectivity index (χ2n) is 6.20. The number of carbonyl (C=O) groups is 1. The molecule has 0 bridgehead atoms. The van der Waals surface area contributed by atoms with Crippen LogP contribution >= 0.6 is 11.6 Å². The standard InChI is InChI=1S/C17H26ClN3O4S/c1-3-16(17(22)19-8-9-20-10-12-25-13-11-20)21(26(2,23)24)15-6-4-14(18)5-7-15/h4-7,16H,3,8-13H2,1-2H3,(H,19,22)/t16-/m0/s1. The number of sulfonamides is 1. The van der Waals surface area contributed by atoms with Crippen LogP contribution in [-0.2, 0) is 19.6 Å². The summed E-state index contributed by atoms with van der Waals surface area (Å²) < 4.78 is 31.1. The number of anilines is 1. The number of hydrogen-bond acceptors (Lipinski definition) is 5. The molecule has 0 aromatic heterocycles. The third kappa shape index (κ3) is 5.84. The van der Waals surface area contributed by atoms with Crippen molar-refractivity contribution in [3.63, 3.8) is 0 Å². The zero-order valence-corrected chi connectivity index (χ0v) is 16.7. The fraction of sp³-hybridized carbons (Fsp3) is 0.588. The van der Waals surface area contributed by atoms with Crippen molar-refractivity contribution >= 4 is 33.2 Å². The van der Waals surface area contributed by atoms with Crippen LogP contribution in [0, 0.1) is 0 Å². The minimum Gasteiger partial charge on any atom is -0.379 e. The first kappa shape index (κ1) is 21.0. The minimum absolute atomic E-state index is 0.305. The Hall–Kier alpha value is -1.35. The van der Waals surface area contributed by atoms with E-state index in [1.165, 1.54) is 0 Å². The van der Waals surface area contributed by atoms with E-state index in [1.807, 2.05) is 0 Å². The van der Waals surface area contributed by atoms with Gasteiger partial charge in [0.05, 0.1) is 25.2 Å². The molecule has 1 saturated heterocycles. The number of benzene rings is 1. The number of hydrogen-bond donors (Lipinski definition) is 1. The van der Waals surface area contributed by atoms with Gasteiger partial charge in [-0.25, -0.2) is 8.42 Å². The van der Waals surface area contributed by atoms with Crippen LogP contribution in [0.15, 0.2) is 24.3 Å². The minimum atomic E-state index is -3.63. The topological polar surface area (TPSA) is 79.0 Å². The van der Waals surface area contributed by atoms with Crippen LogP contribution in [0.2, 0.25) is 5.02 Å².